The van der Waals surface area contributed by atoms with Crippen LogP contribution in [0.4, 0.5) is 5.69 Å². The van der Waals surface area contributed by atoms with Crippen LogP contribution in [0, 0.1) is 10.1 Å². The second kappa shape index (κ2) is 5.40. The Balaban J connectivity index is 2.34. The molecule has 0 radical (unpaired) electrons. The average molecular weight is 273 g/mol. The maximum Gasteiger partial charge on any atom is 0.336 e. The van der Waals surface area contributed by atoms with E-state index in [1.807, 2.05) is 0 Å². The van der Waals surface area contributed by atoms with Crippen LogP contribution in [0.1, 0.15) is 21.5 Å². The number of aromatic carboxylic acids is 1. The maximum atomic E-state index is 11.1. The summed E-state index contributed by atoms with van der Waals surface area (Å²) in [7, 11) is 0. The third-order valence-electron chi connectivity index (χ3n) is 2.91. The first-order valence-electron chi connectivity index (χ1n) is 5.76. The van der Waals surface area contributed by atoms with E-state index in [0.29, 0.717) is 5.56 Å². The van der Waals surface area contributed by atoms with Crippen LogP contribution in [0.5, 0.6) is 5.75 Å². The van der Waals surface area contributed by atoms with Crippen LogP contribution in [0.3, 0.4) is 0 Å². The molecule has 0 amide bonds. The largest absolute Gasteiger partial charge is 0.508 e. The summed E-state index contributed by atoms with van der Waals surface area (Å²) < 4.78 is 0. The van der Waals surface area contributed by atoms with E-state index in [0.717, 1.165) is 0 Å². The number of rotatable bonds is 4. The maximum absolute atomic E-state index is 11.1. The number of hydrogen-bond acceptors (Lipinski definition) is 4. The van der Waals surface area contributed by atoms with Crippen molar-refractivity contribution in [2.75, 3.05) is 0 Å². The van der Waals surface area contributed by atoms with E-state index in [1.54, 1.807) is 0 Å². The van der Waals surface area contributed by atoms with Crippen molar-refractivity contribution >= 4 is 11.7 Å². The minimum Gasteiger partial charge on any atom is -0.508 e. The third kappa shape index (κ3) is 2.74. The van der Waals surface area contributed by atoms with Crippen molar-refractivity contribution in [1.29, 1.82) is 0 Å². The zero-order valence-corrected chi connectivity index (χ0v) is 10.3. The number of carbonyl (C=O) groups is 1. The molecule has 2 aromatic rings. The minimum atomic E-state index is -1.13. The van der Waals surface area contributed by atoms with Crippen molar-refractivity contribution in [3.8, 4) is 5.75 Å². The summed E-state index contributed by atoms with van der Waals surface area (Å²) in [5.41, 5.74) is 0.946. The second-order valence-electron chi connectivity index (χ2n) is 4.21. The van der Waals surface area contributed by atoms with Crippen molar-refractivity contribution in [2.45, 2.75) is 6.42 Å². The molecule has 6 nitrogen and oxygen atoms in total. The molecule has 2 rings (SSSR count). The first-order chi connectivity index (χ1) is 9.49. The van der Waals surface area contributed by atoms with Crippen LogP contribution in [-0.2, 0) is 6.42 Å². The number of hydrogen-bond donors (Lipinski definition) is 2. The van der Waals surface area contributed by atoms with Crippen molar-refractivity contribution in [3.05, 3.63) is 69.3 Å². The van der Waals surface area contributed by atoms with Gasteiger partial charge in [-0.25, -0.2) is 4.79 Å². The van der Waals surface area contributed by atoms with Crippen molar-refractivity contribution in [1.82, 2.24) is 0 Å². The lowest BCUT2D eigenvalue weighted by Crippen LogP contribution is -2.03. The fourth-order valence-electron chi connectivity index (χ4n) is 1.90. The van der Waals surface area contributed by atoms with Crippen LogP contribution in [0.2, 0.25) is 0 Å². The molecule has 0 fully saturated rings. The van der Waals surface area contributed by atoms with Crippen LogP contribution < -0.4 is 0 Å². The van der Waals surface area contributed by atoms with Crippen LogP contribution in [-0.4, -0.2) is 21.1 Å². The van der Waals surface area contributed by atoms with Gasteiger partial charge in [0.05, 0.1) is 10.5 Å². The van der Waals surface area contributed by atoms with Gasteiger partial charge in [-0.2, -0.15) is 0 Å². The number of nitrogens with zero attached hydrogens (tertiary/aromatic N) is 1. The van der Waals surface area contributed by atoms with Gasteiger partial charge in [0.1, 0.15) is 5.75 Å². The fraction of sp³-hybridized carbons (Fsp3) is 0.0714. The molecule has 0 atom stereocenters. The Hall–Kier alpha value is -2.89. The smallest absolute Gasteiger partial charge is 0.336 e. The molecule has 0 spiro atoms. The number of nitro benzene ring substituents is 1. The Morgan fingerprint density at radius 2 is 1.80 bits per heavy atom. The minimum absolute atomic E-state index is 0.0170. The molecule has 20 heavy (non-hydrogen) atoms. The predicted molar refractivity (Wildman–Crippen MR) is 71.0 cm³/mol. The number of phenols is 1. The molecule has 102 valence electrons. The third-order valence-corrected chi connectivity index (χ3v) is 2.91. The van der Waals surface area contributed by atoms with Gasteiger partial charge in [-0.1, -0.05) is 18.2 Å². The van der Waals surface area contributed by atoms with Crippen molar-refractivity contribution in [2.24, 2.45) is 0 Å². The second-order valence-corrected chi connectivity index (χ2v) is 4.21. The number of carboxylic acid groups (broad SMARTS) is 1. The molecular weight excluding hydrogens is 262 g/mol. The van der Waals surface area contributed by atoms with Gasteiger partial charge in [0.15, 0.2) is 0 Å². The topological polar surface area (TPSA) is 101 Å². The normalized spacial score (nSPS) is 10.2. The summed E-state index contributed by atoms with van der Waals surface area (Å²) in [5.74, 6) is -1.24. The monoisotopic (exact) mass is 273 g/mol. The molecule has 0 saturated heterocycles. The number of phenolic OH excluding ortho intramolecular Hbond substituents is 1. The Labute approximate surface area is 114 Å². The van der Waals surface area contributed by atoms with E-state index < -0.39 is 10.9 Å². The van der Waals surface area contributed by atoms with Gasteiger partial charge in [0.25, 0.3) is 5.69 Å². The predicted octanol–water partition coefficient (Wildman–Crippen LogP) is 2.59. The highest BCUT2D eigenvalue weighted by atomic mass is 16.6. The summed E-state index contributed by atoms with van der Waals surface area (Å²) in [6.45, 7) is 0. The molecule has 0 aliphatic rings. The molecule has 0 unspecified atom stereocenters. The first-order valence-corrected chi connectivity index (χ1v) is 5.76. The highest BCUT2D eigenvalue weighted by Crippen LogP contribution is 2.25. The van der Waals surface area contributed by atoms with E-state index in [9.17, 15) is 20.0 Å². The summed E-state index contributed by atoms with van der Waals surface area (Å²) in [6, 6.07) is 10.0. The summed E-state index contributed by atoms with van der Waals surface area (Å²) in [5, 5.41) is 29.4. The molecule has 0 aliphatic heterocycles. The molecule has 0 heterocycles. The zero-order valence-electron chi connectivity index (χ0n) is 10.3. The highest BCUT2D eigenvalue weighted by Gasteiger charge is 2.14. The van der Waals surface area contributed by atoms with Gasteiger partial charge in [-0.15, -0.1) is 0 Å². The van der Waals surface area contributed by atoms with E-state index in [1.165, 1.54) is 42.5 Å². The number of nitro groups is 1. The summed E-state index contributed by atoms with van der Waals surface area (Å²) in [4.78, 5) is 21.2. The Kier molecular flexibility index (Phi) is 3.65. The van der Waals surface area contributed by atoms with E-state index in [2.05, 4.69) is 0 Å². The fourth-order valence-corrected chi connectivity index (χ4v) is 1.90. The standard InChI is InChI=1S/C14H11NO5/c16-13-3-1-2-11(14(17)18)12(13)8-9-4-6-10(7-5-9)15(19)20/h1-7,16H,8H2,(H,17,18). The van der Waals surface area contributed by atoms with E-state index >= 15 is 0 Å². The Bertz CT molecular complexity index is 664. The van der Waals surface area contributed by atoms with Gasteiger partial charge >= 0.3 is 5.97 Å². The van der Waals surface area contributed by atoms with Gasteiger partial charge in [0, 0.05) is 24.1 Å². The highest BCUT2D eigenvalue weighted by molar-refractivity contribution is 5.90. The van der Waals surface area contributed by atoms with Gasteiger partial charge in [-0.3, -0.25) is 10.1 Å². The summed E-state index contributed by atoms with van der Waals surface area (Å²) in [6.07, 6.45) is 0.187. The average Bonchev–Trinajstić information content (AvgIpc) is 2.41. The molecular formula is C14H11NO5. The first kappa shape index (κ1) is 13.5. The van der Waals surface area contributed by atoms with Gasteiger partial charge in [-0.05, 0) is 17.7 Å². The van der Waals surface area contributed by atoms with Crippen molar-refractivity contribution in [3.63, 3.8) is 0 Å². The lowest BCUT2D eigenvalue weighted by molar-refractivity contribution is -0.384. The molecule has 2 aromatic carbocycles. The van der Waals surface area contributed by atoms with Crippen LogP contribution in [0.25, 0.3) is 0 Å². The Morgan fingerprint density at radius 3 is 2.35 bits per heavy atom. The molecule has 0 aromatic heterocycles. The molecule has 0 saturated carbocycles. The van der Waals surface area contributed by atoms with Gasteiger partial charge < -0.3 is 10.2 Å². The number of carboxylic acids is 1. The van der Waals surface area contributed by atoms with Gasteiger partial charge in [0.2, 0.25) is 0 Å². The van der Waals surface area contributed by atoms with E-state index in [4.69, 9.17) is 5.11 Å². The molecule has 0 bridgehead atoms. The summed E-state index contributed by atoms with van der Waals surface area (Å²) >= 11 is 0. The molecule has 0 aliphatic carbocycles. The van der Waals surface area contributed by atoms with Crippen LogP contribution >= 0.6 is 0 Å². The van der Waals surface area contributed by atoms with Crippen molar-refractivity contribution < 1.29 is 19.9 Å². The van der Waals surface area contributed by atoms with E-state index in [-0.39, 0.29) is 29.0 Å². The molecule has 6 heteroatoms. The number of non-ortho nitro benzene ring substituents is 1. The SMILES string of the molecule is O=C(O)c1cccc(O)c1Cc1ccc([N+](=O)[O-])cc1. The number of aromatic hydroxyl groups is 1. The lowest BCUT2D eigenvalue weighted by Gasteiger charge is -2.08. The Morgan fingerprint density at radius 1 is 1.15 bits per heavy atom. The number of benzene rings is 2. The lowest BCUT2D eigenvalue weighted by atomic mass is 9.98. The molecule has 2 N–H and O–H groups in total. The quantitative estimate of drug-likeness (QED) is 0.658. The zero-order chi connectivity index (χ0) is 14.7. The van der Waals surface area contributed by atoms with Crippen LogP contribution in [0.15, 0.2) is 42.5 Å².